The van der Waals surface area contributed by atoms with E-state index in [1.807, 2.05) is 6.26 Å². The van der Waals surface area contributed by atoms with E-state index < -0.39 is 0 Å². The number of methoxy groups -OCH3 is 1. The summed E-state index contributed by atoms with van der Waals surface area (Å²) in [7, 11) is 1.76. The minimum Gasteiger partial charge on any atom is -0.468 e. The third-order valence-electron chi connectivity index (χ3n) is 4.08. The fourth-order valence-corrected chi connectivity index (χ4v) is 2.64. The maximum Gasteiger partial charge on any atom is 0.122 e. The third-order valence-corrected chi connectivity index (χ3v) is 4.08. The van der Waals surface area contributed by atoms with E-state index in [1.165, 1.54) is 24.0 Å². The van der Waals surface area contributed by atoms with E-state index in [0.717, 1.165) is 51.0 Å². The van der Waals surface area contributed by atoms with Gasteiger partial charge in [0.25, 0.3) is 0 Å². The largest absolute Gasteiger partial charge is 0.468 e. The van der Waals surface area contributed by atoms with Crippen LogP contribution in [0, 0.1) is 0 Å². The Morgan fingerprint density at radius 1 is 1.45 bits per heavy atom. The molecular formula is C16H24N2O2. The number of nitrogens with one attached hydrogen (secondary N) is 1. The Morgan fingerprint density at radius 2 is 2.35 bits per heavy atom. The fraction of sp³-hybridized carbons (Fsp3) is 0.625. The Balaban J connectivity index is 1.51. The SMILES string of the molecule is COCC1=CCN(Cc2ccoc2CNC2CC2)CC1. The van der Waals surface area contributed by atoms with Crippen LogP contribution in [0.25, 0.3) is 0 Å². The average Bonchev–Trinajstić information content (AvgIpc) is 3.19. The monoisotopic (exact) mass is 276 g/mol. The van der Waals surface area contributed by atoms with Gasteiger partial charge in [0.15, 0.2) is 0 Å². The maximum absolute atomic E-state index is 5.62. The molecule has 20 heavy (non-hydrogen) atoms. The number of nitrogens with zero attached hydrogens (tertiary/aromatic N) is 1. The van der Waals surface area contributed by atoms with E-state index >= 15 is 0 Å². The molecule has 110 valence electrons. The molecule has 3 rings (SSSR count). The Bertz CT molecular complexity index is 463. The topological polar surface area (TPSA) is 37.6 Å². The van der Waals surface area contributed by atoms with Crippen LogP contribution in [0.4, 0.5) is 0 Å². The second-order valence-corrected chi connectivity index (χ2v) is 5.80. The number of rotatable bonds is 7. The average molecular weight is 276 g/mol. The first-order valence-electron chi connectivity index (χ1n) is 7.53. The van der Waals surface area contributed by atoms with Gasteiger partial charge < -0.3 is 14.5 Å². The Kier molecular flexibility index (Phi) is 4.55. The molecule has 1 aliphatic carbocycles. The van der Waals surface area contributed by atoms with Crippen molar-refractivity contribution >= 4 is 0 Å². The Labute approximate surface area is 120 Å². The van der Waals surface area contributed by atoms with Crippen molar-refractivity contribution in [2.24, 2.45) is 0 Å². The van der Waals surface area contributed by atoms with Crippen LogP contribution in [-0.4, -0.2) is 37.7 Å². The number of furan rings is 1. The van der Waals surface area contributed by atoms with Crippen molar-refractivity contribution in [3.8, 4) is 0 Å². The summed E-state index contributed by atoms with van der Waals surface area (Å²) >= 11 is 0. The predicted molar refractivity (Wildman–Crippen MR) is 78.4 cm³/mol. The van der Waals surface area contributed by atoms with Gasteiger partial charge >= 0.3 is 0 Å². The molecule has 1 aromatic heterocycles. The van der Waals surface area contributed by atoms with E-state index in [-0.39, 0.29) is 0 Å². The normalized spacial score (nSPS) is 20.1. The molecule has 0 atom stereocenters. The van der Waals surface area contributed by atoms with E-state index in [0.29, 0.717) is 0 Å². The lowest BCUT2D eigenvalue weighted by Crippen LogP contribution is -2.29. The molecule has 2 aliphatic rings. The molecule has 0 bridgehead atoms. The lowest BCUT2D eigenvalue weighted by Gasteiger charge is -2.26. The summed E-state index contributed by atoms with van der Waals surface area (Å²) in [6, 6.07) is 2.83. The molecule has 0 unspecified atom stereocenters. The lowest BCUT2D eigenvalue weighted by molar-refractivity contribution is 0.210. The van der Waals surface area contributed by atoms with Crippen LogP contribution in [0.1, 0.15) is 30.6 Å². The van der Waals surface area contributed by atoms with Crippen molar-refractivity contribution in [2.45, 2.75) is 38.4 Å². The molecule has 0 saturated heterocycles. The van der Waals surface area contributed by atoms with E-state index in [4.69, 9.17) is 9.15 Å². The van der Waals surface area contributed by atoms with Crippen LogP contribution in [0.3, 0.4) is 0 Å². The van der Waals surface area contributed by atoms with Gasteiger partial charge in [-0.1, -0.05) is 6.08 Å². The van der Waals surface area contributed by atoms with Gasteiger partial charge in [-0.05, 0) is 30.9 Å². The van der Waals surface area contributed by atoms with Gasteiger partial charge in [-0.2, -0.15) is 0 Å². The Hall–Kier alpha value is -1.10. The molecule has 4 heteroatoms. The van der Waals surface area contributed by atoms with Crippen LogP contribution in [0.2, 0.25) is 0 Å². The third kappa shape index (κ3) is 3.72. The standard InChI is InChI=1S/C16H24N2O2/c1-19-12-13-4-7-18(8-5-13)11-14-6-9-20-16(14)10-17-15-2-3-15/h4,6,9,15,17H,2-3,5,7-8,10-12H2,1H3. The van der Waals surface area contributed by atoms with Gasteiger partial charge in [0.05, 0.1) is 19.4 Å². The quantitative estimate of drug-likeness (QED) is 0.776. The zero-order valence-electron chi connectivity index (χ0n) is 12.2. The Morgan fingerprint density at radius 3 is 3.05 bits per heavy atom. The van der Waals surface area contributed by atoms with Gasteiger partial charge in [0.2, 0.25) is 0 Å². The summed E-state index contributed by atoms with van der Waals surface area (Å²) in [5.41, 5.74) is 2.74. The summed E-state index contributed by atoms with van der Waals surface area (Å²) in [5, 5.41) is 3.52. The number of ether oxygens (including phenoxy) is 1. The van der Waals surface area contributed by atoms with Crippen LogP contribution in [-0.2, 0) is 17.8 Å². The fourth-order valence-electron chi connectivity index (χ4n) is 2.64. The van der Waals surface area contributed by atoms with E-state index in [1.54, 1.807) is 7.11 Å². The number of hydrogen-bond donors (Lipinski definition) is 1. The molecule has 0 spiro atoms. The zero-order chi connectivity index (χ0) is 13.8. The van der Waals surface area contributed by atoms with Crippen LogP contribution in [0.5, 0.6) is 0 Å². The second kappa shape index (κ2) is 6.57. The van der Waals surface area contributed by atoms with Crippen molar-refractivity contribution in [3.05, 3.63) is 35.3 Å². The first kappa shape index (κ1) is 13.9. The van der Waals surface area contributed by atoms with Gasteiger partial charge in [-0.25, -0.2) is 0 Å². The highest BCUT2D eigenvalue weighted by Crippen LogP contribution is 2.21. The van der Waals surface area contributed by atoms with Crippen molar-refractivity contribution < 1.29 is 9.15 Å². The van der Waals surface area contributed by atoms with E-state index in [2.05, 4.69) is 22.4 Å². The van der Waals surface area contributed by atoms with Crippen LogP contribution < -0.4 is 5.32 Å². The van der Waals surface area contributed by atoms with Gasteiger partial charge in [0.1, 0.15) is 5.76 Å². The molecule has 0 aromatic carbocycles. The first-order valence-corrected chi connectivity index (χ1v) is 7.53. The summed E-state index contributed by atoms with van der Waals surface area (Å²) < 4.78 is 10.8. The van der Waals surface area contributed by atoms with Crippen molar-refractivity contribution in [2.75, 3.05) is 26.8 Å². The van der Waals surface area contributed by atoms with Crippen LogP contribution in [0.15, 0.2) is 28.4 Å². The highest BCUT2D eigenvalue weighted by atomic mass is 16.5. The van der Waals surface area contributed by atoms with Crippen molar-refractivity contribution in [1.82, 2.24) is 10.2 Å². The van der Waals surface area contributed by atoms with Crippen LogP contribution >= 0.6 is 0 Å². The molecule has 1 N–H and O–H groups in total. The minimum atomic E-state index is 0.725. The minimum absolute atomic E-state index is 0.725. The molecule has 0 radical (unpaired) electrons. The molecule has 1 aromatic rings. The summed E-state index contributed by atoms with van der Waals surface area (Å²) in [4.78, 5) is 2.46. The van der Waals surface area contributed by atoms with Gasteiger partial charge in [0, 0.05) is 38.3 Å². The first-order chi connectivity index (χ1) is 9.85. The molecule has 0 amide bonds. The zero-order valence-corrected chi connectivity index (χ0v) is 12.2. The van der Waals surface area contributed by atoms with Gasteiger partial charge in [-0.3, -0.25) is 4.90 Å². The highest BCUT2D eigenvalue weighted by molar-refractivity contribution is 5.18. The smallest absolute Gasteiger partial charge is 0.122 e. The second-order valence-electron chi connectivity index (χ2n) is 5.80. The van der Waals surface area contributed by atoms with Gasteiger partial charge in [-0.15, -0.1) is 0 Å². The summed E-state index contributed by atoms with van der Waals surface area (Å²) in [5.74, 6) is 1.10. The molecule has 4 nitrogen and oxygen atoms in total. The molecule has 1 saturated carbocycles. The van der Waals surface area contributed by atoms with E-state index in [9.17, 15) is 0 Å². The number of hydrogen-bond acceptors (Lipinski definition) is 4. The molecular weight excluding hydrogens is 252 g/mol. The highest BCUT2D eigenvalue weighted by Gasteiger charge is 2.21. The lowest BCUT2D eigenvalue weighted by atomic mass is 10.1. The molecule has 2 heterocycles. The molecule has 1 fully saturated rings. The summed E-state index contributed by atoms with van der Waals surface area (Å²) in [6.45, 7) is 4.74. The van der Waals surface area contributed by atoms with Crippen molar-refractivity contribution in [3.63, 3.8) is 0 Å². The van der Waals surface area contributed by atoms with Crippen molar-refractivity contribution in [1.29, 1.82) is 0 Å². The maximum atomic E-state index is 5.62. The molecule has 1 aliphatic heterocycles. The summed E-state index contributed by atoms with van der Waals surface area (Å²) in [6.07, 6.45) is 7.86. The predicted octanol–water partition coefficient (Wildman–Crippen LogP) is 2.31.